The topological polar surface area (TPSA) is 91.4 Å². The van der Waals surface area contributed by atoms with E-state index >= 15 is 0 Å². The number of amides is 1. The molecular weight excluding hydrogens is 326 g/mol. The van der Waals surface area contributed by atoms with Crippen LogP contribution >= 0.6 is 0 Å². The van der Waals surface area contributed by atoms with Crippen molar-refractivity contribution in [1.29, 1.82) is 0 Å². The van der Waals surface area contributed by atoms with E-state index in [9.17, 15) is 13.2 Å². The zero-order valence-electron chi connectivity index (χ0n) is 13.6. The molecule has 0 bridgehead atoms. The first-order valence-electron chi connectivity index (χ1n) is 8.10. The van der Waals surface area contributed by atoms with Crippen LogP contribution < -0.4 is 5.43 Å². The van der Waals surface area contributed by atoms with Gasteiger partial charge in [0.15, 0.2) is 9.84 Å². The molecule has 2 N–H and O–H groups in total. The largest absolute Gasteiger partial charge is 0.360 e. The molecule has 1 aromatic heterocycles. The number of rotatable bonds is 5. The minimum Gasteiger partial charge on any atom is -0.360 e. The van der Waals surface area contributed by atoms with Crippen LogP contribution in [0.25, 0.3) is 10.9 Å². The molecule has 6 nitrogen and oxygen atoms in total. The molecule has 2 aromatic rings. The Balaban J connectivity index is 1.61. The van der Waals surface area contributed by atoms with Gasteiger partial charge in [-0.25, -0.2) is 13.8 Å². The fourth-order valence-electron chi connectivity index (χ4n) is 3.15. The maximum atomic E-state index is 11.9. The Labute approximate surface area is 141 Å². The third kappa shape index (κ3) is 3.67. The molecule has 24 heavy (non-hydrogen) atoms. The number of hydrogen-bond donors (Lipinski definition) is 2. The summed E-state index contributed by atoms with van der Waals surface area (Å²) in [6.07, 6.45) is 5.17. The highest BCUT2D eigenvalue weighted by Gasteiger charge is 2.29. The predicted molar refractivity (Wildman–Crippen MR) is 94.8 cm³/mol. The molecule has 0 saturated carbocycles. The van der Waals surface area contributed by atoms with E-state index in [1.807, 2.05) is 18.3 Å². The molecule has 0 unspecified atom stereocenters. The molecule has 1 saturated heterocycles. The number of benzene rings is 1. The second kappa shape index (κ2) is 6.76. The number of hydrazone groups is 1. The Bertz CT molecular complexity index is 884. The molecule has 2 heterocycles. The second-order valence-corrected chi connectivity index (χ2v) is 8.43. The minimum absolute atomic E-state index is 0.0922. The van der Waals surface area contributed by atoms with Gasteiger partial charge in [0.1, 0.15) is 0 Å². The van der Waals surface area contributed by atoms with Crippen molar-refractivity contribution in [2.75, 3.05) is 11.5 Å². The first kappa shape index (κ1) is 16.7. The number of fused-ring (bicyclic) bond motifs is 1. The SMILES string of the molecule is CCc1cccc2c(/C=N/NC(=O)C[C@H]3CCS(=O)(=O)C3)c[nH]c12. The minimum atomic E-state index is -2.95. The van der Waals surface area contributed by atoms with Gasteiger partial charge >= 0.3 is 0 Å². The summed E-state index contributed by atoms with van der Waals surface area (Å²) in [7, 11) is -2.95. The number of aromatic amines is 1. The molecule has 1 aromatic carbocycles. The summed E-state index contributed by atoms with van der Waals surface area (Å²) >= 11 is 0. The monoisotopic (exact) mass is 347 g/mol. The summed E-state index contributed by atoms with van der Waals surface area (Å²) in [4.78, 5) is 15.1. The number of aromatic nitrogens is 1. The number of aryl methyl sites for hydroxylation is 1. The number of H-pyrrole nitrogens is 1. The summed E-state index contributed by atoms with van der Waals surface area (Å²) in [5.41, 5.74) is 5.72. The highest BCUT2D eigenvalue weighted by Crippen LogP contribution is 2.22. The van der Waals surface area contributed by atoms with Crippen LogP contribution in [0.5, 0.6) is 0 Å². The quantitative estimate of drug-likeness (QED) is 0.640. The normalized spacial score (nSPS) is 20.0. The standard InChI is InChI=1S/C17H21N3O3S/c1-2-13-4-3-5-15-14(9-18-17(13)15)10-19-20-16(21)8-12-6-7-24(22,23)11-12/h3-5,9-10,12,18H,2,6-8,11H2,1H3,(H,20,21)/b19-10+/t12-/m1/s1. The van der Waals surface area contributed by atoms with E-state index in [1.54, 1.807) is 6.21 Å². The lowest BCUT2D eigenvalue weighted by Crippen LogP contribution is -2.21. The van der Waals surface area contributed by atoms with Crippen LogP contribution in [-0.4, -0.2) is 37.0 Å². The third-order valence-electron chi connectivity index (χ3n) is 4.41. The van der Waals surface area contributed by atoms with Crippen molar-refractivity contribution >= 4 is 32.9 Å². The Morgan fingerprint density at radius 1 is 1.46 bits per heavy atom. The summed E-state index contributed by atoms with van der Waals surface area (Å²) in [6.45, 7) is 2.10. The van der Waals surface area contributed by atoms with Gasteiger partial charge in [-0.2, -0.15) is 5.10 Å². The van der Waals surface area contributed by atoms with E-state index < -0.39 is 9.84 Å². The first-order chi connectivity index (χ1) is 11.5. The molecule has 0 spiro atoms. The van der Waals surface area contributed by atoms with Gasteiger partial charge in [-0.3, -0.25) is 4.79 Å². The number of sulfone groups is 1. The van der Waals surface area contributed by atoms with Gasteiger partial charge in [-0.05, 0) is 24.3 Å². The zero-order valence-corrected chi connectivity index (χ0v) is 14.4. The summed E-state index contributed by atoms with van der Waals surface area (Å²) < 4.78 is 22.8. The van der Waals surface area contributed by atoms with E-state index in [1.165, 1.54) is 5.56 Å². The van der Waals surface area contributed by atoms with Gasteiger partial charge < -0.3 is 4.98 Å². The van der Waals surface area contributed by atoms with Gasteiger partial charge in [-0.1, -0.05) is 25.1 Å². The van der Waals surface area contributed by atoms with Crippen molar-refractivity contribution in [1.82, 2.24) is 10.4 Å². The fourth-order valence-corrected chi connectivity index (χ4v) is 5.02. The van der Waals surface area contributed by atoms with Gasteiger partial charge in [0.2, 0.25) is 5.91 Å². The molecule has 7 heteroatoms. The number of carbonyl (C=O) groups excluding carboxylic acids is 1. The Hall–Kier alpha value is -2.15. The van der Waals surface area contributed by atoms with Crippen LogP contribution in [0.2, 0.25) is 0 Å². The smallest absolute Gasteiger partial charge is 0.240 e. The number of nitrogens with zero attached hydrogens (tertiary/aromatic N) is 1. The highest BCUT2D eigenvalue weighted by atomic mass is 32.2. The van der Waals surface area contributed by atoms with Crippen molar-refractivity contribution in [3.63, 3.8) is 0 Å². The summed E-state index contributed by atoms with van der Waals surface area (Å²) in [5.74, 6) is -0.0526. The van der Waals surface area contributed by atoms with Crippen LogP contribution in [0.1, 0.15) is 30.9 Å². The van der Waals surface area contributed by atoms with E-state index in [0.717, 1.165) is 22.9 Å². The lowest BCUT2D eigenvalue weighted by Gasteiger charge is -2.05. The lowest BCUT2D eigenvalue weighted by molar-refractivity contribution is -0.121. The van der Waals surface area contributed by atoms with Crippen molar-refractivity contribution in [2.24, 2.45) is 11.0 Å². The van der Waals surface area contributed by atoms with Crippen LogP contribution in [0, 0.1) is 5.92 Å². The molecule has 1 aliphatic heterocycles. The van der Waals surface area contributed by atoms with Crippen molar-refractivity contribution in [3.05, 3.63) is 35.5 Å². The van der Waals surface area contributed by atoms with E-state index in [4.69, 9.17) is 0 Å². The summed E-state index contributed by atoms with van der Waals surface area (Å²) in [6, 6.07) is 6.10. The Morgan fingerprint density at radius 3 is 3.00 bits per heavy atom. The maximum Gasteiger partial charge on any atom is 0.240 e. The molecule has 1 amide bonds. The number of hydrogen-bond acceptors (Lipinski definition) is 4. The molecule has 3 rings (SSSR count). The predicted octanol–water partition coefficient (Wildman–Crippen LogP) is 2.01. The summed E-state index contributed by atoms with van der Waals surface area (Å²) in [5, 5.41) is 5.07. The van der Waals surface area contributed by atoms with Crippen LogP contribution in [0.4, 0.5) is 0 Å². The van der Waals surface area contributed by atoms with Crippen molar-refractivity contribution < 1.29 is 13.2 Å². The Kier molecular flexibility index (Phi) is 4.71. The highest BCUT2D eigenvalue weighted by molar-refractivity contribution is 7.91. The first-order valence-corrected chi connectivity index (χ1v) is 9.92. The lowest BCUT2D eigenvalue weighted by atomic mass is 10.1. The average molecular weight is 347 g/mol. The zero-order chi connectivity index (χ0) is 17.2. The maximum absolute atomic E-state index is 11.9. The van der Waals surface area contributed by atoms with Crippen LogP contribution in [-0.2, 0) is 21.1 Å². The Morgan fingerprint density at radius 2 is 2.29 bits per heavy atom. The van der Waals surface area contributed by atoms with Crippen molar-refractivity contribution in [2.45, 2.75) is 26.2 Å². The van der Waals surface area contributed by atoms with Gasteiger partial charge in [0.25, 0.3) is 0 Å². The molecule has 128 valence electrons. The van der Waals surface area contributed by atoms with E-state index in [2.05, 4.69) is 28.5 Å². The van der Waals surface area contributed by atoms with E-state index in [-0.39, 0.29) is 29.8 Å². The van der Waals surface area contributed by atoms with Gasteiger partial charge in [0, 0.05) is 29.1 Å². The van der Waals surface area contributed by atoms with Crippen LogP contribution in [0.15, 0.2) is 29.5 Å². The average Bonchev–Trinajstić information content (AvgIpc) is 3.10. The molecule has 1 atom stereocenters. The van der Waals surface area contributed by atoms with Crippen LogP contribution in [0.3, 0.4) is 0 Å². The number of carbonyl (C=O) groups is 1. The fraction of sp³-hybridized carbons (Fsp3) is 0.412. The third-order valence-corrected chi connectivity index (χ3v) is 6.25. The van der Waals surface area contributed by atoms with Gasteiger partial charge in [-0.15, -0.1) is 0 Å². The molecule has 0 radical (unpaired) electrons. The second-order valence-electron chi connectivity index (χ2n) is 6.20. The molecular formula is C17H21N3O3S. The molecule has 1 aliphatic rings. The molecule has 0 aliphatic carbocycles. The number of nitrogens with one attached hydrogen (secondary N) is 2. The van der Waals surface area contributed by atoms with Crippen molar-refractivity contribution in [3.8, 4) is 0 Å². The number of para-hydroxylation sites is 1. The molecule has 1 fully saturated rings. The van der Waals surface area contributed by atoms with E-state index in [0.29, 0.717) is 6.42 Å². The van der Waals surface area contributed by atoms with Gasteiger partial charge in [0.05, 0.1) is 17.7 Å².